The van der Waals surface area contributed by atoms with Gasteiger partial charge in [0.25, 0.3) is 0 Å². The lowest BCUT2D eigenvalue weighted by atomic mass is 9.83. The number of carbonyl (C=O) groups is 3. The predicted molar refractivity (Wildman–Crippen MR) is 75.1 cm³/mol. The molecule has 0 atom stereocenters. The molecule has 0 bridgehead atoms. The minimum Gasteiger partial charge on any atom is -0.351 e. The Morgan fingerprint density at radius 1 is 1.05 bits per heavy atom. The maximum Gasteiger partial charge on any atom is 0.217 e. The molecular weight excluding hydrogens is 268 g/mol. The fourth-order valence-electron chi connectivity index (χ4n) is 2.45. The van der Waals surface area contributed by atoms with Crippen LogP contribution in [0.1, 0.15) is 44.5 Å². The maximum absolute atomic E-state index is 12.6. The first-order valence-corrected chi connectivity index (χ1v) is 6.50. The van der Waals surface area contributed by atoms with Gasteiger partial charge >= 0.3 is 0 Å². The van der Waals surface area contributed by atoms with Gasteiger partial charge in [-0.05, 0) is 6.07 Å². The van der Waals surface area contributed by atoms with E-state index >= 15 is 0 Å². The Bertz CT molecular complexity index is 781. The summed E-state index contributed by atoms with van der Waals surface area (Å²) in [6.07, 6.45) is 1.48. The Morgan fingerprint density at radius 2 is 1.71 bits per heavy atom. The third kappa shape index (κ3) is 2.12. The molecule has 3 rings (SSSR count). The molecular formula is C16H12N2O3. The van der Waals surface area contributed by atoms with Crippen molar-refractivity contribution in [3.05, 3.63) is 64.5 Å². The maximum atomic E-state index is 12.6. The molecule has 1 N–H and O–H groups in total. The summed E-state index contributed by atoms with van der Waals surface area (Å²) < 4.78 is 0. The number of carbonyl (C=O) groups excluding carboxylic acids is 3. The van der Waals surface area contributed by atoms with Crippen LogP contribution in [0.3, 0.4) is 0 Å². The van der Waals surface area contributed by atoms with E-state index in [2.05, 4.69) is 10.3 Å². The first-order valence-electron chi connectivity index (χ1n) is 6.50. The van der Waals surface area contributed by atoms with E-state index in [4.69, 9.17) is 0 Å². The van der Waals surface area contributed by atoms with Gasteiger partial charge in [0.2, 0.25) is 5.91 Å². The summed E-state index contributed by atoms with van der Waals surface area (Å²) in [5, 5.41) is 2.61. The van der Waals surface area contributed by atoms with E-state index in [1.165, 1.54) is 13.1 Å². The Labute approximate surface area is 121 Å². The van der Waals surface area contributed by atoms with Crippen molar-refractivity contribution in [1.82, 2.24) is 10.3 Å². The molecule has 0 saturated carbocycles. The summed E-state index contributed by atoms with van der Waals surface area (Å²) in [5.41, 5.74) is 1.83. The Hall–Kier alpha value is -2.82. The summed E-state index contributed by atoms with van der Waals surface area (Å²) in [5.74, 6) is -0.635. The highest BCUT2D eigenvalue weighted by atomic mass is 16.1. The molecule has 5 nitrogen and oxygen atoms in total. The van der Waals surface area contributed by atoms with Crippen LogP contribution in [-0.2, 0) is 11.3 Å². The van der Waals surface area contributed by atoms with E-state index < -0.39 is 0 Å². The van der Waals surface area contributed by atoms with E-state index in [-0.39, 0.29) is 29.6 Å². The highest BCUT2D eigenvalue weighted by Crippen LogP contribution is 2.28. The Morgan fingerprint density at radius 3 is 2.38 bits per heavy atom. The molecule has 2 aromatic rings. The van der Waals surface area contributed by atoms with Crippen LogP contribution in [0.5, 0.6) is 0 Å². The quantitative estimate of drug-likeness (QED) is 0.771. The predicted octanol–water partition coefficient (Wildman–Crippen LogP) is 1.49. The minimum absolute atomic E-state index is 0.125. The number of hydrogen-bond donors (Lipinski definition) is 1. The van der Waals surface area contributed by atoms with Crippen LogP contribution in [0, 0.1) is 0 Å². The van der Waals surface area contributed by atoms with Crippen LogP contribution < -0.4 is 5.32 Å². The number of aromatic nitrogens is 1. The topological polar surface area (TPSA) is 76.1 Å². The van der Waals surface area contributed by atoms with Crippen molar-refractivity contribution in [2.45, 2.75) is 13.5 Å². The fraction of sp³-hybridized carbons (Fsp3) is 0.125. The molecule has 0 unspecified atom stereocenters. The molecule has 1 aromatic heterocycles. The zero-order valence-electron chi connectivity index (χ0n) is 11.3. The zero-order valence-corrected chi connectivity index (χ0v) is 11.3. The SMILES string of the molecule is CC(=O)NCc1nccc2c1C(=O)c1ccccc1C2=O. The molecule has 1 heterocycles. The number of benzene rings is 1. The van der Waals surface area contributed by atoms with Gasteiger partial charge in [-0.2, -0.15) is 0 Å². The van der Waals surface area contributed by atoms with Crippen molar-refractivity contribution in [2.24, 2.45) is 0 Å². The Kier molecular flexibility index (Phi) is 3.10. The monoisotopic (exact) mass is 280 g/mol. The van der Waals surface area contributed by atoms with E-state index in [1.54, 1.807) is 30.3 Å². The van der Waals surface area contributed by atoms with Gasteiger partial charge in [0, 0.05) is 29.8 Å². The van der Waals surface area contributed by atoms with Crippen LogP contribution in [0.4, 0.5) is 0 Å². The second kappa shape index (κ2) is 4.94. The summed E-state index contributed by atoms with van der Waals surface area (Å²) >= 11 is 0. The summed E-state index contributed by atoms with van der Waals surface area (Å²) in [6.45, 7) is 1.51. The van der Waals surface area contributed by atoms with Gasteiger partial charge in [-0.3, -0.25) is 19.4 Å². The molecule has 1 aromatic carbocycles. The van der Waals surface area contributed by atoms with Crippen molar-refractivity contribution >= 4 is 17.5 Å². The highest BCUT2D eigenvalue weighted by Gasteiger charge is 2.31. The number of rotatable bonds is 2. The van der Waals surface area contributed by atoms with Crippen molar-refractivity contribution in [3.8, 4) is 0 Å². The summed E-state index contributed by atoms with van der Waals surface area (Å²) in [4.78, 5) is 40.3. The highest BCUT2D eigenvalue weighted by molar-refractivity contribution is 6.28. The second-order valence-electron chi connectivity index (χ2n) is 4.79. The number of nitrogens with zero attached hydrogens (tertiary/aromatic N) is 1. The van der Waals surface area contributed by atoms with E-state index in [0.29, 0.717) is 22.4 Å². The molecule has 0 aliphatic heterocycles. The van der Waals surface area contributed by atoms with Crippen LogP contribution in [-0.4, -0.2) is 22.5 Å². The molecule has 0 fully saturated rings. The van der Waals surface area contributed by atoms with Gasteiger partial charge in [-0.15, -0.1) is 0 Å². The second-order valence-corrected chi connectivity index (χ2v) is 4.79. The van der Waals surface area contributed by atoms with Gasteiger partial charge in [0.05, 0.1) is 17.8 Å². The molecule has 0 radical (unpaired) electrons. The van der Waals surface area contributed by atoms with E-state index in [9.17, 15) is 14.4 Å². The summed E-state index contributed by atoms with van der Waals surface area (Å²) in [7, 11) is 0. The van der Waals surface area contributed by atoms with Gasteiger partial charge < -0.3 is 5.32 Å². The lowest BCUT2D eigenvalue weighted by Gasteiger charge is -2.19. The number of pyridine rings is 1. The average Bonchev–Trinajstić information content (AvgIpc) is 2.50. The first kappa shape index (κ1) is 13.2. The third-order valence-electron chi connectivity index (χ3n) is 3.42. The van der Waals surface area contributed by atoms with Crippen LogP contribution in [0.15, 0.2) is 36.5 Å². The summed E-state index contributed by atoms with van der Waals surface area (Å²) in [6, 6.07) is 8.27. The van der Waals surface area contributed by atoms with Gasteiger partial charge in [0.15, 0.2) is 11.6 Å². The zero-order chi connectivity index (χ0) is 15.0. The number of fused-ring (bicyclic) bond motifs is 2. The number of hydrogen-bond acceptors (Lipinski definition) is 4. The lowest BCUT2D eigenvalue weighted by Crippen LogP contribution is -2.26. The van der Waals surface area contributed by atoms with E-state index in [0.717, 1.165) is 0 Å². The minimum atomic E-state index is -0.228. The van der Waals surface area contributed by atoms with Crippen LogP contribution in [0.25, 0.3) is 0 Å². The van der Waals surface area contributed by atoms with Crippen LogP contribution in [0.2, 0.25) is 0 Å². The van der Waals surface area contributed by atoms with Crippen LogP contribution >= 0.6 is 0 Å². The molecule has 1 aliphatic rings. The van der Waals surface area contributed by atoms with Crippen molar-refractivity contribution in [3.63, 3.8) is 0 Å². The number of amides is 1. The standard InChI is InChI=1S/C16H12N2O3/c1-9(19)18-8-13-14-12(6-7-17-13)15(20)10-4-2-3-5-11(10)16(14)21/h2-7H,8H2,1H3,(H,18,19). The third-order valence-corrected chi connectivity index (χ3v) is 3.42. The lowest BCUT2D eigenvalue weighted by molar-refractivity contribution is -0.119. The molecule has 0 spiro atoms. The first-order chi connectivity index (χ1) is 10.1. The molecule has 21 heavy (non-hydrogen) atoms. The van der Waals surface area contributed by atoms with Crippen molar-refractivity contribution in [2.75, 3.05) is 0 Å². The smallest absolute Gasteiger partial charge is 0.217 e. The number of nitrogens with one attached hydrogen (secondary N) is 1. The molecule has 1 aliphatic carbocycles. The van der Waals surface area contributed by atoms with Gasteiger partial charge in [-0.25, -0.2) is 0 Å². The largest absolute Gasteiger partial charge is 0.351 e. The molecule has 5 heteroatoms. The molecule has 104 valence electrons. The molecule has 0 saturated heterocycles. The van der Waals surface area contributed by atoms with Gasteiger partial charge in [-0.1, -0.05) is 24.3 Å². The van der Waals surface area contributed by atoms with Crippen molar-refractivity contribution in [1.29, 1.82) is 0 Å². The Balaban J connectivity index is 2.14. The van der Waals surface area contributed by atoms with E-state index in [1.807, 2.05) is 0 Å². The number of ketones is 2. The van der Waals surface area contributed by atoms with Crippen molar-refractivity contribution < 1.29 is 14.4 Å². The normalized spacial score (nSPS) is 12.6. The average molecular weight is 280 g/mol. The fourth-order valence-corrected chi connectivity index (χ4v) is 2.45. The van der Waals surface area contributed by atoms with Gasteiger partial charge in [0.1, 0.15) is 0 Å². The molecule has 1 amide bonds.